The lowest BCUT2D eigenvalue weighted by Gasteiger charge is -2.07. The number of rotatable bonds is 8. The van der Waals surface area contributed by atoms with Crippen molar-refractivity contribution in [3.63, 3.8) is 0 Å². The minimum absolute atomic E-state index is 0.154. The Bertz CT molecular complexity index is 665. The summed E-state index contributed by atoms with van der Waals surface area (Å²) in [6.45, 7) is 0.132. The molecule has 0 saturated heterocycles. The van der Waals surface area contributed by atoms with Crippen molar-refractivity contribution >= 4 is 23.2 Å². The molecule has 2 N–H and O–H groups in total. The van der Waals surface area contributed by atoms with Gasteiger partial charge in [-0.2, -0.15) is 0 Å². The van der Waals surface area contributed by atoms with Crippen molar-refractivity contribution in [3.05, 3.63) is 46.2 Å². The SMILES string of the molecule is COc1ccsc1C(=O)NCCc1ccc(OCC(=O)O)cc1. The molecule has 0 fully saturated rings. The standard InChI is InChI=1S/C16H17NO5S/c1-21-13-7-9-23-15(13)16(20)17-8-6-11-2-4-12(5-3-11)22-10-14(18)19/h2-5,7,9H,6,8,10H2,1H3,(H,17,20)(H,18,19). The molecule has 122 valence electrons. The molecule has 0 saturated carbocycles. The third-order valence-electron chi connectivity index (χ3n) is 3.04. The van der Waals surface area contributed by atoms with Gasteiger partial charge in [0.1, 0.15) is 16.4 Å². The molecule has 0 aliphatic heterocycles. The van der Waals surface area contributed by atoms with Crippen LogP contribution < -0.4 is 14.8 Å². The third-order valence-corrected chi connectivity index (χ3v) is 3.93. The van der Waals surface area contributed by atoms with Gasteiger partial charge in [0.2, 0.25) is 0 Å². The van der Waals surface area contributed by atoms with Crippen molar-refractivity contribution in [2.24, 2.45) is 0 Å². The lowest BCUT2D eigenvalue weighted by molar-refractivity contribution is -0.139. The molecule has 0 atom stereocenters. The van der Waals surface area contributed by atoms with E-state index in [1.807, 2.05) is 17.5 Å². The van der Waals surface area contributed by atoms with Gasteiger partial charge in [0.15, 0.2) is 6.61 Å². The van der Waals surface area contributed by atoms with E-state index in [4.69, 9.17) is 14.6 Å². The fourth-order valence-electron chi connectivity index (χ4n) is 1.92. The van der Waals surface area contributed by atoms with Gasteiger partial charge >= 0.3 is 5.97 Å². The quantitative estimate of drug-likeness (QED) is 0.772. The fourth-order valence-corrected chi connectivity index (χ4v) is 2.70. The molecule has 0 spiro atoms. The molecule has 0 aliphatic rings. The van der Waals surface area contributed by atoms with Crippen LogP contribution in [0.4, 0.5) is 0 Å². The van der Waals surface area contributed by atoms with E-state index in [2.05, 4.69) is 5.32 Å². The number of amides is 1. The van der Waals surface area contributed by atoms with Gasteiger partial charge in [0.25, 0.3) is 5.91 Å². The maximum Gasteiger partial charge on any atom is 0.341 e. The molecule has 1 aromatic heterocycles. The molecule has 23 heavy (non-hydrogen) atoms. The summed E-state index contributed by atoms with van der Waals surface area (Å²) >= 11 is 1.34. The molecule has 6 nitrogen and oxygen atoms in total. The van der Waals surface area contributed by atoms with E-state index < -0.39 is 5.97 Å². The number of ether oxygens (including phenoxy) is 2. The molecule has 0 unspecified atom stereocenters. The minimum atomic E-state index is -1.01. The van der Waals surface area contributed by atoms with E-state index >= 15 is 0 Å². The average Bonchev–Trinajstić information content (AvgIpc) is 3.02. The van der Waals surface area contributed by atoms with E-state index in [9.17, 15) is 9.59 Å². The second-order valence-electron chi connectivity index (χ2n) is 4.65. The summed E-state index contributed by atoms with van der Waals surface area (Å²) in [4.78, 5) is 23.0. The highest BCUT2D eigenvalue weighted by Crippen LogP contribution is 2.23. The van der Waals surface area contributed by atoms with Crippen molar-refractivity contribution in [3.8, 4) is 11.5 Å². The second kappa shape index (κ2) is 8.19. The first kappa shape index (κ1) is 16.8. The maximum absolute atomic E-state index is 12.0. The van der Waals surface area contributed by atoms with Gasteiger partial charge in [-0.05, 0) is 35.6 Å². The van der Waals surface area contributed by atoms with Crippen LogP contribution in [0.1, 0.15) is 15.2 Å². The van der Waals surface area contributed by atoms with Crippen molar-refractivity contribution in [2.75, 3.05) is 20.3 Å². The highest BCUT2D eigenvalue weighted by atomic mass is 32.1. The smallest absolute Gasteiger partial charge is 0.341 e. The summed E-state index contributed by atoms with van der Waals surface area (Å²) in [5.41, 5.74) is 1.02. The predicted molar refractivity (Wildman–Crippen MR) is 86.5 cm³/mol. The Balaban J connectivity index is 1.80. The van der Waals surface area contributed by atoms with Crippen LogP contribution in [0.2, 0.25) is 0 Å². The summed E-state index contributed by atoms with van der Waals surface area (Å²) in [5.74, 6) is -0.0880. The summed E-state index contributed by atoms with van der Waals surface area (Å²) in [6.07, 6.45) is 0.665. The van der Waals surface area contributed by atoms with Crippen molar-refractivity contribution in [2.45, 2.75) is 6.42 Å². The number of carbonyl (C=O) groups excluding carboxylic acids is 1. The third kappa shape index (κ3) is 5.00. The molecule has 0 bridgehead atoms. The highest BCUT2D eigenvalue weighted by molar-refractivity contribution is 7.12. The van der Waals surface area contributed by atoms with Crippen LogP contribution in [0, 0.1) is 0 Å². The van der Waals surface area contributed by atoms with E-state index in [0.29, 0.717) is 29.3 Å². The summed E-state index contributed by atoms with van der Waals surface area (Å²) in [7, 11) is 1.53. The number of methoxy groups -OCH3 is 1. The van der Waals surface area contributed by atoms with E-state index in [0.717, 1.165) is 5.56 Å². The number of thiophene rings is 1. The second-order valence-corrected chi connectivity index (χ2v) is 5.57. The topological polar surface area (TPSA) is 84.9 Å². The minimum Gasteiger partial charge on any atom is -0.495 e. The molecule has 1 amide bonds. The summed E-state index contributed by atoms with van der Waals surface area (Å²) < 4.78 is 10.2. The lowest BCUT2D eigenvalue weighted by atomic mass is 10.1. The predicted octanol–water partition coefficient (Wildman–Crippen LogP) is 2.19. The number of nitrogens with one attached hydrogen (secondary N) is 1. The Labute approximate surface area is 137 Å². The maximum atomic E-state index is 12.0. The van der Waals surface area contributed by atoms with Gasteiger partial charge in [-0.15, -0.1) is 11.3 Å². The molecular formula is C16H17NO5S. The number of benzene rings is 1. The van der Waals surface area contributed by atoms with Crippen LogP contribution in [0.5, 0.6) is 11.5 Å². The van der Waals surface area contributed by atoms with Crippen molar-refractivity contribution in [1.29, 1.82) is 0 Å². The zero-order chi connectivity index (χ0) is 16.7. The van der Waals surface area contributed by atoms with Crippen LogP contribution in [-0.2, 0) is 11.2 Å². The lowest BCUT2D eigenvalue weighted by Crippen LogP contribution is -2.25. The molecule has 2 aromatic rings. The van der Waals surface area contributed by atoms with Crippen molar-refractivity contribution < 1.29 is 24.2 Å². The number of carboxylic acid groups (broad SMARTS) is 1. The van der Waals surface area contributed by atoms with Gasteiger partial charge in [0, 0.05) is 6.54 Å². The number of hydrogen-bond donors (Lipinski definition) is 2. The van der Waals surface area contributed by atoms with Gasteiger partial charge in [-0.1, -0.05) is 12.1 Å². The van der Waals surface area contributed by atoms with E-state index in [1.54, 1.807) is 18.2 Å². The molecular weight excluding hydrogens is 318 g/mol. The Kier molecular flexibility index (Phi) is 5.99. The molecule has 1 heterocycles. The van der Waals surface area contributed by atoms with Crippen LogP contribution in [-0.4, -0.2) is 37.2 Å². The van der Waals surface area contributed by atoms with Gasteiger partial charge in [-0.25, -0.2) is 4.79 Å². The average molecular weight is 335 g/mol. The Morgan fingerprint density at radius 3 is 2.61 bits per heavy atom. The van der Waals surface area contributed by atoms with Gasteiger partial charge < -0.3 is 19.9 Å². The normalized spacial score (nSPS) is 10.1. The Morgan fingerprint density at radius 2 is 1.96 bits per heavy atom. The zero-order valence-electron chi connectivity index (χ0n) is 12.6. The Morgan fingerprint density at radius 1 is 1.22 bits per heavy atom. The summed E-state index contributed by atoms with van der Waals surface area (Å²) in [6, 6.07) is 8.87. The molecule has 0 radical (unpaired) electrons. The van der Waals surface area contributed by atoms with Crippen LogP contribution in [0.15, 0.2) is 35.7 Å². The van der Waals surface area contributed by atoms with Gasteiger partial charge in [-0.3, -0.25) is 4.79 Å². The van der Waals surface area contributed by atoms with Crippen LogP contribution in [0.25, 0.3) is 0 Å². The molecule has 7 heteroatoms. The number of carbonyl (C=O) groups is 2. The molecule has 2 rings (SSSR count). The summed E-state index contributed by atoms with van der Waals surface area (Å²) in [5, 5.41) is 13.2. The van der Waals surface area contributed by atoms with Crippen LogP contribution in [0.3, 0.4) is 0 Å². The molecule has 1 aromatic carbocycles. The monoisotopic (exact) mass is 335 g/mol. The van der Waals surface area contributed by atoms with Crippen LogP contribution >= 0.6 is 11.3 Å². The highest BCUT2D eigenvalue weighted by Gasteiger charge is 2.12. The van der Waals surface area contributed by atoms with Gasteiger partial charge in [0.05, 0.1) is 7.11 Å². The van der Waals surface area contributed by atoms with E-state index in [-0.39, 0.29) is 12.5 Å². The first-order valence-electron chi connectivity index (χ1n) is 6.93. The largest absolute Gasteiger partial charge is 0.495 e. The number of aliphatic carboxylic acids is 1. The number of hydrogen-bond acceptors (Lipinski definition) is 5. The van der Waals surface area contributed by atoms with Crippen molar-refractivity contribution in [1.82, 2.24) is 5.32 Å². The first-order chi connectivity index (χ1) is 11.1. The Hall–Kier alpha value is -2.54. The number of carboxylic acids is 1. The molecule has 0 aliphatic carbocycles. The zero-order valence-corrected chi connectivity index (χ0v) is 13.4. The van der Waals surface area contributed by atoms with E-state index in [1.165, 1.54) is 18.4 Å². The first-order valence-corrected chi connectivity index (χ1v) is 7.81. The fraction of sp³-hybridized carbons (Fsp3) is 0.250.